The van der Waals surface area contributed by atoms with Gasteiger partial charge in [-0.2, -0.15) is 0 Å². The summed E-state index contributed by atoms with van der Waals surface area (Å²) in [7, 11) is -3.66. The van der Waals surface area contributed by atoms with E-state index in [1.165, 1.54) is 0 Å². The number of carbonyl (C=O) groups excluding carboxylic acids is 1. The molecule has 1 fully saturated rings. The molecule has 27 heavy (non-hydrogen) atoms. The summed E-state index contributed by atoms with van der Waals surface area (Å²) in [6.07, 6.45) is 0.841. The van der Waals surface area contributed by atoms with Crippen molar-refractivity contribution in [3.63, 3.8) is 0 Å². The lowest BCUT2D eigenvalue weighted by atomic mass is 10.2. The average Bonchev–Trinajstić information content (AvgIpc) is 3.13. The van der Waals surface area contributed by atoms with E-state index in [1.807, 2.05) is 6.92 Å². The number of aryl methyl sites for hydroxylation is 1. The van der Waals surface area contributed by atoms with Gasteiger partial charge in [-0.25, -0.2) is 8.42 Å². The van der Waals surface area contributed by atoms with Crippen LogP contribution >= 0.6 is 0 Å². The molecule has 2 aromatic rings. The Balaban J connectivity index is 1.62. The van der Waals surface area contributed by atoms with E-state index in [2.05, 4.69) is 10.0 Å². The molecule has 0 spiro atoms. The fraction of sp³-hybridized carbons (Fsp3) is 0.316. The zero-order chi connectivity index (χ0) is 19.4. The van der Waals surface area contributed by atoms with Gasteiger partial charge in [0.05, 0.1) is 11.0 Å². The van der Waals surface area contributed by atoms with Gasteiger partial charge in [0.25, 0.3) is 15.9 Å². The molecule has 8 heteroatoms. The Hall–Kier alpha value is -2.42. The van der Waals surface area contributed by atoms with Gasteiger partial charge in [0, 0.05) is 17.9 Å². The quantitative estimate of drug-likeness (QED) is 0.702. The summed E-state index contributed by atoms with van der Waals surface area (Å²) < 4.78 is 32.9. The summed E-state index contributed by atoms with van der Waals surface area (Å²) in [4.78, 5) is 12.4. The van der Waals surface area contributed by atoms with Crippen molar-refractivity contribution in [3.05, 3.63) is 54.1 Å². The number of benzene rings is 2. The molecule has 2 atom stereocenters. The molecule has 0 saturated carbocycles. The Morgan fingerprint density at radius 3 is 2.30 bits per heavy atom. The fourth-order valence-electron chi connectivity index (χ4n) is 2.85. The van der Waals surface area contributed by atoms with Gasteiger partial charge in [-0.05, 0) is 56.2 Å². The number of anilines is 2. The normalized spacial score (nSPS) is 19.6. The van der Waals surface area contributed by atoms with Crippen LogP contribution in [0, 0.1) is 6.92 Å². The van der Waals surface area contributed by atoms with E-state index in [-0.39, 0.29) is 16.9 Å². The third kappa shape index (κ3) is 4.85. The Morgan fingerprint density at radius 2 is 1.70 bits per heavy atom. The highest BCUT2D eigenvalue weighted by Gasteiger charge is 2.29. The average molecular weight is 389 g/mol. The van der Waals surface area contributed by atoms with Crippen molar-refractivity contribution in [2.45, 2.75) is 36.9 Å². The summed E-state index contributed by atoms with van der Waals surface area (Å²) >= 11 is 0. The van der Waals surface area contributed by atoms with Crippen LogP contribution in [0.5, 0.6) is 0 Å². The van der Waals surface area contributed by atoms with Crippen LogP contribution in [0.1, 0.15) is 18.4 Å². The van der Waals surface area contributed by atoms with Crippen LogP contribution in [0.4, 0.5) is 11.4 Å². The number of hydrogen-bond donors (Lipinski definition) is 3. The molecule has 0 bridgehead atoms. The van der Waals surface area contributed by atoms with Gasteiger partial charge < -0.3 is 15.8 Å². The topological polar surface area (TPSA) is 111 Å². The Labute approximate surface area is 159 Å². The van der Waals surface area contributed by atoms with Crippen molar-refractivity contribution in [3.8, 4) is 0 Å². The molecule has 0 unspecified atom stereocenters. The lowest BCUT2D eigenvalue weighted by Crippen LogP contribution is -2.29. The lowest BCUT2D eigenvalue weighted by Gasteiger charge is -2.13. The van der Waals surface area contributed by atoms with Gasteiger partial charge in [0.15, 0.2) is 0 Å². The molecule has 1 aliphatic rings. The first-order chi connectivity index (χ1) is 12.9. The Bertz CT molecular complexity index is 896. The van der Waals surface area contributed by atoms with E-state index in [0.29, 0.717) is 24.3 Å². The van der Waals surface area contributed by atoms with Crippen molar-refractivity contribution in [1.29, 1.82) is 0 Å². The SMILES string of the molecule is Cc1ccc(S(=O)(=O)Nc2ccc(NC(=O)[C@@H]3CC[C@H](CN)O3)cc2)cc1. The third-order valence-electron chi connectivity index (χ3n) is 4.40. The largest absolute Gasteiger partial charge is 0.364 e. The van der Waals surface area contributed by atoms with Gasteiger partial charge in [0.2, 0.25) is 0 Å². The van der Waals surface area contributed by atoms with E-state index in [4.69, 9.17) is 10.5 Å². The molecule has 4 N–H and O–H groups in total. The smallest absolute Gasteiger partial charge is 0.261 e. The van der Waals surface area contributed by atoms with Gasteiger partial charge in [-0.15, -0.1) is 0 Å². The third-order valence-corrected chi connectivity index (χ3v) is 5.80. The summed E-state index contributed by atoms with van der Waals surface area (Å²) in [5.41, 5.74) is 7.52. The number of ether oxygens (including phenoxy) is 1. The Morgan fingerprint density at radius 1 is 1.07 bits per heavy atom. The number of sulfonamides is 1. The highest BCUT2D eigenvalue weighted by atomic mass is 32.2. The maximum absolute atomic E-state index is 12.4. The second kappa shape index (κ2) is 8.08. The summed E-state index contributed by atoms with van der Waals surface area (Å²) in [6, 6.07) is 13.1. The minimum atomic E-state index is -3.66. The van der Waals surface area contributed by atoms with Crippen LogP contribution in [0.3, 0.4) is 0 Å². The maximum atomic E-state index is 12.4. The molecule has 7 nitrogen and oxygen atoms in total. The predicted molar refractivity (Wildman–Crippen MR) is 104 cm³/mol. The number of nitrogens with two attached hydrogens (primary N) is 1. The first-order valence-corrected chi connectivity index (χ1v) is 10.2. The second-order valence-electron chi connectivity index (χ2n) is 6.54. The van der Waals surface area contributed by atoms with Crippen molar-refractivity contribution >= 4 is 27.3 Å². The first-order valence-electron chi connectivity index (χ1n) is 8.73. The predicted octanol–water partition coefficient (Wildman–Crippen LogP) is 2.24. The van der Waals surface area contributed by atoms with E-state index in [0.717, 1.165) is 12.0 Å². The van der Waals surface area contributed by atoms with Gasteiger partial charge in [0.1, 0.15) is 6.10 Å². The second-order valence-corrected chi connectivity index (χ2v) is 8.23. The number of carbonyl (C=O) groups is 1. The zero-order valence-corrected chi connectivity index (χ0v) is 15.8. The van der Waals surface area contributed by atoms with Crippen molar-refractivity contribution in [2.24, 2.45) is 5.73 Å². The first kappa shape index (κ1) is 19.3. The molecule has 0 radical (unpaired) electrons. The number of hydrogen-bond acceptors (Lipinski definition) is 5. The molecule has 1 heterocycles. The van der Waals surface area contributed by atoms with Crippen LogP contribution in [0.2, 0.25) is 0 Å². The zero-order valence-electron chi connectivity index (χ0n) is 15.0. The Kier molecular flexibility index (Phi) is 5.79. The minimum Gasteiger partial charge on any atom is -0.364 e. The lowest BCUT2D eigenvalue weighted by molar-refractivity contribution is -0.126. The monoisotopic (exact) mass is 389 g/mol. The number of nitrogens with one attached hydrogen (secondary N) is 2. The fourth-order valence-corrected chi connectivity index (χ4v) is 3.91. The van der Waals surface area contributed by atoms with Gasteiger partial charge in [-0.3, -0.25) is 9.52 Å². The molecule has 144 valence electrons. The molecule has 3 rings (SSSR count). The number of rotatable bonds is 6. The minimum absolute atomic E-state index is 0.0701. The van der Waals surface area contributed by atoms with Gasteiger partial charge in [-0.1, -0.05) is 17.7 Å². The number of amides is 1. The molecule has 1 saturated heterocycles. The van der Waals surface area contributed by atoms with E-state index in [1.54, 1.807) is 48.5 Å². The molecular weight excluding hydrogens is 366 g/mol. The standard InChI is InChI=1S/C19H23N3O4S/c1-13-2-9-17(10-3-13)27(24,25)22-15-6-4-14(5-7-15)21-19(23)18-11-8-16(12-20)26-18/h2-7,9-10,16,18,22H,8,11-12,20H2,1H3,(H,21,23)/t16-,18+/m1/s1. The van der Waals surface area contributed by atoms with Crippen molar-refractivity contribution in [2.75, 3.05) is 16.6 Å². The van der Waals surface area contributed by atoms with Crippen LogP contribution in [0.25, 0.3) is 0 Å². The maximum Gasteiger partial charge on any atom is 0.261 e. The molecule has 1 amide bonds. The van der Waals surface area contributed by atoms with E-state index >= 15 is 0 Å². The molecule has 2 aromatic carbocycles. The molecule has 0 aromatic heterocycles. The highest BCUT2D eigenvalue weighted by Crippen LogP contribution is 2.22. The van der Waals surface area contributed by atoms with Crippen LogP contribution in [-0.4, -0.2) is 33.1 Å². The molecule has 1 aliphatic heterocycles. The molecule has 0 aliphatic carbocycles. The van der Waals surface area contributed by atoms with E-state index < -0.39 is 16.1 Å². The summed E-state index contributed by atoms with van der Waals surface area (Å²) in [5.74, 6) is -0.223. The van der Waals surface area contributed by atoms with Crippen molar-refractivity contribution in [1.82, 2.24) is 0 Å². The van der Waals surface area contributed by atoms with Crippen LogP contribution in [-0.2, 0) is 19.6 Å². The van der Waals surface area contributed by atoms with Crippen LogP contribution in [0.15, 0.2) is 53.4 Å². The van der Waals surface area contributed by atoms with Gasteiger partial charge >= 0.3 is 0 Å². The van der Waals surface area contributed by atoms with E-state index in [9.17, 15) is 13.2 Å². The van der Waals surface area contributed by atoms with Crippen molar-refractivity contribution < 1.29 is 17.9 Å². The van der Waals surface area contributed by atoms with Crippen LogP contribution < -0.4 is 15.8 Å². The molecular formula is C19H23N3O4S. The summed E-state index contributed by atoms with van der Waals surface area (Å²) in [5, 5.41) is 2.77. The summed E-state index contributed by atoms with van der Waals surface area (Å²) in [6.45, 7) is 2.29. The highest BCUT2D eigenvalue weighted by molar-refractivity contribution is 7.92.